The largest absolute Gasteiger partial charge is 0.459 e. The van der Waals surface area contributed by atoms with Crippen LogP contribution in [0.3, 0.4) is 0 Å². The molecule has 0 bridgehead atoms. The van der Waals surface area contributed by atoms with Crippen molar-refractivity contribution in [3.63, 3.8) is 0 Å². The van der Waals surface area contributed by atoms with Crippen molar-refractivity contribution in [1.29, 1.82) is 0 Å². The summed E-state index contributed by atoms with van der Waals surface area (Å²) in [6.45, 7) is 8.03. The second kappa shape index (κ2) is 7.67. The van der Waals surface area contributed by atoms with Gasteiger partial charge < -0.3 is 14.8 Å². The Morgan fingerprint density at radius 2 is 2.24 bits per heavy atom. The lowest BCUT2D eigenvalue weighted by Gasteiger charge is -2.29. The van der Waals surface area contributed by atoms with Crippen molar-refractivity contribution in [2.75, 3.05) is 19.8 Å². The van der Waals surface area contributed by atoms with E-state index < -0.39 is 0 Å². The Bertz CT molecular complexity index is 233. The highest BCUT2D eigenvalue weighted by Gasteiger charge is 2.27. The summed E-state index contributed by atoms with van der Waals surface area (Å²) in [7, 11) is 0. The fourth-order valence-corrected chi connectivity index (χ4v) is 2.14. The van der Waals surface area contributed by atoms with Crippen LogP contribution < -0.4 is 5.32 Å². The highest BCUT2D eigenvalue weighted by molar-refractivity contribution is 5.76. The van der Waals surface area contributed by atoms with Crippen LogP contribution in [0.5, 0.6) is 0 Å². The van der Waals surface area contributed by atoms with Gasteiger partial charge in [0.05, 0.1) is 6.61 Å². The van der Waals surface area contributed by atoms with Crippen LogP contribution in [-0.4, -0.2) is 37.9 Å². The number of rotatable bonds is 6. The monoisotopic (exact) mass is 243 g/mol. The number of ether oxygens (including phenoxy) is 2. The molecular formula is C13H25NO3. The molecule has 0 aromatic carbocycles. The highest BCUT2D eigenvalue weighted by atomic mass is 16.6. The Balaban J connectivity index is 2.31. The van der Waals surface area contributed by atoms with Crippen LogP contribution in [0.2, 0.25) is 0 Å². The summed E-state index contributed by atoms with van der Waals surface area (Å²) in [5, 5.41) is 3.23. The lowest BCUT2D eigenvalue weighted by Crippen LogP contribution is -2.45. The zero-order valence-electron chi connectivity index (χ0n) is 11.2. The lowest BCUT2D eigenvalue weighted by molar-refractivity contribution is -0.154. The van der Waals surface area contributed by atoms with E-state index >= 15 is 0 Å². The molecule has 0 radical (unpaired) electrons. The minimum absolute atomic E-state index is 0.127. The van der Waals surface area contributed by atoms with Crippen LogP contribution in [0, 0.1) is 5.92 Å². The normalized spacial score (nSPS) is 26.5. The summed E-state index contributed by atoms with van der Waals surface area (Å²) in [6.07, 6.45) is 3.04. The Morgan fingerprint density at radius 1 is 1.47 bits per heavy atom. The molecule has 1 rings (SSSR count). The molecule has 0 aliphatic carbocycles. The van der Waals surface area contributed by atoms with Gasteiger partial charge in [-0.3, -0.25) is 4.79 Å². The van der Waals surface area contributed by atoms with E-state index in [4.69, 9.17) is 9.47 Å². The molecule has 0 saturated carbocycles. The van der Waals surface area contributed by atoms with Crippen LogP contribution in [0.25, 0.3) is 0 Å². The number of nitrogens with one attached hydrogen (secondary N) is 1. The molecule has 1 heterocycles. The summed E-state index contributed by atoms with van der Waals surface area (Å²) < 4.78 is 10.6. The van der Waals surface area contributed by atoms with E-state index in [2.05, 4.69) is 12.2 Å². The van der Waals surface area contributed by atoms with E-state index in [-0.39, 0.29) is 18.1 Å². The van der Waals surface area contributed by atoms with Gasteiger partial charge in [-0.1, -0.05) is 13.3 Å². The maximum atomic E-state index is 11.9. The number of carbonyl (C=O) groups is 1. The van der Waals surface area contributed by atoms with Crippen LogP contribution >= 0.6 is 0 Å². The first kappa shape index (κ1) is 14.5. The molecule has 1 saturated heterocycles. The number of hydrogen-bond acceptors (Lipinski definition) is 4. The second-order valence-electron chi connectivity index (χ2n) is 4.71. The quantitative estimate of drug-likeness (QED) is 0.722. The van der Waals surface area contributed by atoms with Crippen molar-refractivity contribution in [2.24, 2.45) is 5.92 Å². The van der Waals surface area contributed by atoms with Gasteiger partial charge in [0, 0.05) is 6.61 Å². The van der Waals surface area contributed by atoms with E-state index in [0.717, 1.165) is 25.8 Å². The third-order valence-corrected chi connectivity index (χ3v) is 3.25. The van der Waals surface area contributed by atoms with Crippen molar-refractivity contribution in [1.82, 2.24) is 5.32 Å². The molecule has 17 heavy (non-hydrogen) atoms. The van der Waals surface area contributed by atoms with Crippen LogP contribution in [0.4, 0.5) is 0 Å². The fourth-order valence-electron chi connectivity index (χ4n) is 2.14. The van der Waals surface area contributed by atoms with Gasteiger partial charge in [0.15, 0.2) is 0 Å². The standard InChI is InChI=1S/C13H25NO3/c1-4-11-6-7-14-12(8-11)13(15)17-10(3)9-16-5-2/h10-12,14H,4-9H2,1-3H3. The molecular weight excluding hydrogens is 218 g/mol. The molecule has 1 aliphatic rings. The summed E-state index contributed by atoms with van der Waals surface area (Å²) >= 11 is 0. The van der Waals surface area contributed by atoms with Gasteiger partial charge >= 0.3 is 5.97 Å². The van der Waals surface area contributed by atoms with E-state index in [0.29, 0.717) is 19.1 Å². The van der Waals surface area contributed by atoms with Gasteiger partial charge in [-0.05, 0) is 39.2 Å². The van der Waals surface area contributed by atoms with Crippen LogP contribution in [0.1, 0.15) is 40.0 Å². The molecule has 1 N–H and O–H groups in total. The molecule has 0 spiro atoms. The third-order valence-electron chi connectivity index (χ3n) is 3.25. The average molecular weight is 243 g/mol. The number of carbonyl (C=O) groups excluding carboxylic acids is 1. The van der Waals surface area contributed by atoms with Crippen molar-refractivity contribution >= 4 is 5.97 Å². The van der Waals surface area contributed by atoms with E-state index in [9.17, 15) is 4.79 Å². The average Bonchev–Trinajstić information content (AvgIpc) is 2.36. The number of piperidine rings is 1. The SMILES string of the molecule is CCOCC(C)OC(=O)C1CC(CC)CCN1. The molecule has 3 atom stereocenters. The van der Waals surface area contributed by atoms with Crippen molar-refractivity contribution in [3.05, 3.63) is 0 Å². The third kappa shape index (κ3) is 5.04. The van der Waals surface area contributed by atoms with E-state index in [1.807, 2.05) is 13.8 Å². The maximum Gasteiger partial charge on any atom is 0.323 e. The minimum Gasteiger partial charge on any atom is -0.459 e. The molecule has 4 heteroatoms. The van der Waals surface area contributed by atoms with E-state index in [1.165, 1.54) is 0 Å². The minimum atomic E-state index is -0.161. The summed E-state index contributed by atoms with van der Waals surface area (Å²) in [6, 6.07) is -0.127. The van der Waals surface area contributed by atoms with E-state index in [1.54, 1.807) is 0 Å². The second-order valence-corrected chi connectivity index (χ2v) is 4.71. The number of hydrogen-bond donors (Lipinski definition) is 1. The molecule has 0 amide bonds. The van der Waals surface area contributed by atoms with Crippen molar-refractivity contribution in [2.45, 2.75) is 52.2 Å². The van der Waals surface area contributed by atoms with Crippen molar-refractivity contribution in [3.8, 4) is 0 Å². The van der Waals surface area contributed by atoms with Gasteiger partial charge in [-0.15, -0.1) is 0 Å². The van der Waals surface area contributed by atoms with Gasteiger partial charge in [0.2, 0.25) is 0 Å². The fraction of sp³-hybridized carbons (Fsp3) is 0.923. The Hall–Kier alpha value is -0.610. The summed E-state index contributed by atoms with van der Waals surface area (Å²) in [5.74, 6) is 0.520. The van der Waals surface area contributed by atoms with Crippen molar-refractivity contribution < 1.29 is 14.3 Å². The Morgan fingerprint density at radius 3 is 2.88 bits per heavy atom. The van der Waals surface area contributed by atoms with Gasteiger partial charge in [0.25, 0.3) is 0 Å². The number of esters is 1. The first-order valence-electron chi connectivity index (χ1n) is 6.69. The highest BCUT2D eigenvalue weighted by Crippen LogP contribution is 2.20. The van der Waals surface area contributed by atoms with Crippen LogP contribution in [0.15, 0.2) is 0 Å². The van der Waals surface area contributed by atoms with Gasteiger partial charge in [0.1, 0.15) is 12.1 Å². The molecule has 1 aliphatic heterocycles. The van der Waals surface area contributed by atoms with Gasteiger partial charge in [-0.2, -0.15) is 0 Å². The predicted octanol–water partition coefficient (Wildman–Crippen LogP) is 1.73. The zero-order valence-corrected chi connectivity index (χ0v) is 11.2. The summed E-state index contributed by atoms with van der Waals surface area (Å²) in [5.41, 5.74) is 0. The Kier molecular flexibility index (Phi) is 6.52. The zero-order chi connectivity index (χ0) is 12.7. The molecule has 0 aromatic heterocycles. The first-order chi connectivity index (χ1) is 8.17. The molecule has 4 nitrogen and oxygen atoms in total. The molecule has 100 valence electrons. The predicted molar refractivity (Wildman–Crippen MR) is 66.9 cm³/mol. The molecule has 0 aromatic rings. The maximum absolute atomic E-state index is 11.9. The molecule has 3 unspecified atom stereocenters. The summed E-state index contributed by atoms with van der Waals surface area (Å²) in [4.78, 5) is 11.9. The van der Waals surface area contributed by atoms with Crippen LogP contribution in [-0.2, 0) is 14.3 Å². The smallest absolute Gasteiger partial charge is 0.323 e. The van der Waals surface area contributed by atoms with Gasteiger partial charge in [-0.25, -0.2) is 0 Å². The first-order valence-corrected chi connectivity index (χ1v) is 6.69. The topological polar surface area (TPSA) is 47.6 Å². The Labute approximate surface area is 104 Å². The molecule has 1 fully saturated rings. The lowest BCUT2D eigenvalue weighted by atomic mass is 9.90.